The van der Waals surface area contributed by atoms with Crippen molar-refractivity contribution in [1.29, 1.82) is 0 Å². The number of aryl methyl sites for hydroxylation is 1. The molecule has 1 aromatic carbocycles. The molecule has 0 unspecified atom stereocenters. The molecule has 15 heavy (non-hydrogen) atoms. The maximum absolute atomic E-state index is 6.06. The first kappa shape index (κ1) is 12.1. The van der Waals surface area contributed by atoms with Gasteiger partial charge in [0.2, 0.25) is 0 Å². The van der Waals surface area contributed by atoms with Crippen LogP contribution in [0.25, 0.3) is 0 Å². The summed E-state index contributed by atoms with van der Waals surface area (Å²) in [6.45, 7) is 0.673. The van der Waals surface area contributed by atoms with Crippen LogP contribution in [-0.4, -0.2) is 20.8 Å². The lowest BCUT2D eigenvalue weighted by Crippen LogP contribution is -2.01. The molecule has 84 valence electrons. The quantitative estimate of drug-likeness (QED) is 0.842. The SMILES string of the molecule is COc1cc(CCCN)cc(Cl)c1OC. The average Bonchev–Trinajstić information content (AvgIpc) is 2.25. The van der Waals surface area contributed by atoms with Crippen molar-refractivity contribution < 1.29 is 9.47 Å². The zero-order valence-corrected chi connectivity index (χ0v) is 9.80. The standard InChI is InChI=1S/C11H16ClNO2/c1-14-10-7-8(4-3-5-13)6-9(12)11(10)15-2/h6-7H,3-5,13H2,1-2H3. The molecule has 0 atom stereocenters. The second-order valence-electron chi connectivity index (χ2n) is 3.21. The lowest BCUT2D eigenvalue weighted by atomic mass is 10.1. The monoisotopic (exact) mass is 229 g/mol. The Morgan fingerprint density at radius 2 is 2.00 bits per heavy atom. The van der Waals surface area contributed by atoms with Gasteiger partial charge in [0.05, 0.1) is 19.2 Å². The summed E-state index contributed by atoms with van der Waals surface area (Å²) in [5.74, 6) is 1.24. The van der Waals surface area contributed by atoms with Crippen LogP contribution in [0.15, 0.2) is 12.1 Å². The van der Waals surface area contributed by atoms with Crippen molar-refractivity contribution in [3.63, 3.8) is 0 Å². The van der Waals surface area contributed by atoms with Gasteiger partial charge in [0.1, 0.15) is 0 Å². The minimum Gasteiger partial charge on any atom is -0.493 e. The van der Waals surface area contributed by atoms with Crippen molar-refractivity contribution in [3.05, 3.63) is 22.7 Å². The smallest absolute Gasteiger partial charge is 0.179 e. The zero-order chi connectivity index (χ0) is 11.3. The molecule has 0 radical (unpaired) electrons. The predicted octanol–water partition coefficient (Wildman–Crippen LogP) is 2.25. The van der Waals surface area contributed by atoms with Gasteiger partial charge >= 0.3 is 0 Å². The van der Waals surface area contributed by atoms with Gasteiger partial charge in [0.25, 0.3) is 0 Å². The minimum atomic E-state index is 0.573. The summed E-state index contributed by atoms with van der Waals surface area (Å²) in [4.78, 5) is 0. The van der Waals surface area contributed by atoms with E-state index >= 15 is 0 Å². The van der Waals surface area contributed by atoms with Crippen LogP contribution in [0.2, 0.25) is 5.02 Å². The van der Waals surface area contributed by atoms with Crippen LogP contribution in [0.4, 0.5) is 0 Å². The third-order valence-corrected chi connectivity index (χ3v) is 2.44. The van der Waals surface area contributed by atoms with E-state index in [-0.39, 0.29) is 0 Å². The highest BCUT2D eigenvalue weighted by Crippen LogP contribution is 2.36. The molecule has 0 bridgehead atoms. The van der Waals surface area contributed by atoms with Crippen LogP contribution >= 0.6 is 11.6 Å². The van der Waals surface area contributed by atoms with Crippen molar-refractivity contribution in [2.75, 3.05) is 20.8 Å². The van der Waals surface area contributed by atoms with Crippen LogP contribution in [0, 0.1) is 0 Å². The maximum atomic E-state index is 6.06. The van der Waals surface area contributed by atoms with Crippen LogP contribution in [0.3, 0.4) is 0 Å². The molecule has 3 nitrogen and oxygen atoms in total. The van der Waals surface area contributed by atoms with E-state index in [1.165, 1.54) is 0 Å². The average molecular weight is 230 g/mol. The molecule has 0 aliphatic carbocycles. The van der Waals surface area contributed by atoms with Crippen molar-refractivity contribution >= 4 is 11.6 Å². The Morgan fingerprint density at radius 1 is 1.27 bits per heavy atom. The molecule has 0 aliphatic heterocycles. The molecule has 2 N–H and O–H groups in total. The molecule has 0 fully saturated rings. The first-order valence-corrected chi connectivity index (χ1v) is 5.21. The Balaban J connectivity index is 2.97. The Hall–Kier alpha value is -0.930. The van der Waals surface area contributed by atoms with Crippen molar-refractivity contribution in [2.45, 2.75) is 12.8 Å². The highest BCUT2D eigenvalue weighted by atomic mass is 35.5. The van der Waals surface area contributed by atoms with E-state index in [1.54, 1.807) is 14.2 Å². The molecule has 4 heteroatoms. The summed E-state index contributed by atoms with van der Waals surface area (Å²) in [5, 5.41) is 0.573. The molecule has 0 saturated carbocycles. The van der Waals surface area contributed by atoms with Crippen LogP contribution < -0.4 is 15.2 Å². The fourth-order valence-electron chi connectivity index (χ4n) is 1.42. The molecular weight excluding hydrogens is 214 g/mol. The second kappa shape index (κ2) is 5.83. The van der Waals surface area contributed by atoms with Crippen molar-refractivity contribution in [3.8, 4) is 11.5 Å². The van der Waals surface area contributed by atoms with Gasteiger partial charge in [-0.05, 0) is 37.1 Å². The maximum Gasteiger partial charge on any atom is 0.179 e. The highest BCUT2D eigenvalue weighted by molar-refractivity contribution is 6.32. The fraction of sp³-hybridized carbons (Fsp3) is 0.455. The molecule has 1 rings (SSSR count). The summed E-state index contributed by atoms with van der Waals surface area (Å²) >= 11 is 6.06. The van der Waals surface area contributed by atoms with Crippen LogP contribution in [-0.2, 0) is 6.42 Å². The van der Waals surface area contributed by atoms with E-state index in [2.05, 4.69) is 0 Å². The van der Waals surface area contributed by atoms with Gasteiger partial charge in [0, 0.05) is 0 Å². The third kappa shape index (κ3) is 3.01. The number of halogens is 1. The number of rotatable bonds is 5. The summed E-state index contributed by atoms with van der Waals surface area (Å²) in [7, 11) is 3.17. The van der Waals surface area contributed by atoms with E-state index in [0.29, 0.717) is 23.1 Å². The Bertz CT molecular complexity index is 329. The largest absolute Gasteiger partial charge is 0.493 e. The summed E-state index contributed by atoms with van der Waals surface area (Å²) < 4.78 is 10.3. The lowest BCUT2D eigenvalue weighted by Gasteiger charge is -2.11. The van der Waals surface area contributed by atoms with Gasteiger partial charge < -0.3 is 15.2 Å². The summed E-state index contributed by atoms with van der Waals surface area (Å²) in [6.07, 6.45) is 1.84. The number of ether oxygens (including phenoxy) is 2. The van der Waals surface area contributed by atoms with Gasteiger partial charge in [-0.1, -0.05) is 11.6 Å². The van der Waals surface area contributed by atoms with E-state index in [1.807, 2.05) is 12.1 Å². The summed E-state index contributed by atoms with van der Waals surface area (Å²) in [5.41, 5.74) is 6.57. The van der Waals surface area contributed by atoms with Gasteiger partial charge in [-0.2, -0.15) is 0 Å². The van der Waals surface area contributed by atoms with Crippen molar-refractivity contribution in [2.24, 2.45) is 5.73 Å². The number of hydrogen-bond donors (Lipinski definition) is 1. The molecule has 0 amide bonds. The van der Waals surface area contributed by atoms with Gasteiger partial charge in [-0.25, -0.2) is 0 Å². The summed E-state index contributed by atoms with van der Waals surface area (Å²) in [6, 6.07) is 3.82. The topological polar surface area (TPSA) is 44.5 Å². The first-order chi connectivity index (χ1) is 7.22. The Morgan fingerprint density at radius 3 is 2.53 bits per heavy atom. The molecule has 0 heterocycles. The zero-order valence-electron chi connectivity index (χ0n) is 9.05. The van der Waals surface area contributed by atoms with Gasteiger partial charge in [0.15, 0.2) is 11.5 Å². The first-order valence-electron chi connectivity index (χ1n) is 4.83. The predicted molar refractivity (Wildman–Crippen MR) is 61.9 cm³/mol. The molecule has 0 saturated heterocycles. The Labute approximate surface area is 95.1 Å². The molecule has 0 aliphatic rings. The highest BCUT2D eigenvalue weighted by Gasteiger charge is 2.10. The van der Waals surface area contributed by atoms with Gasteiger partial charge in [-0.15, -0.1) is 0 Å². The number of nitrogens with two attached hydrogens (primary N) is 1. The lowest BCUT2D eigenvalue weighted by molar-refractivity contribution is 0.354. The van der Waals surface area contributed by atoms with E-state index in [0.717, 1.165) is 18.4 Å². The normalized spacial score (nSPS) is 10.1. The van der Waals surface area contributed by atoms with E-state index < -0.39 is 0 Å². The van der Waals surface area contributed by atoms with Crippen LogP contribution in [0.1, 0.15) is 12.0 Å². The molecule has 0 spiro atoms. The molecule has 1 aromatic rings. The fourth-order valence-corrected chi connectivity index (χ4v) is 1.73. The van der Waals surface area contributed by atoms with Crippen molar-refractivity contribution in [1.82, 2.24) is 0 Å². The van der Waals surface area contributed by atoms with Crippen LogP contribution in [0.5, 0.6) is 11.5 Å². The van der Waals surface area contributed by atoms with Gasteiger partial charge in [-0.3, -0.25) is 0 Å². The third-order valence-electron chi connectivity index (χ3n) is 2.16. The number of hydrogen-bond acceptors (Lipinski definition) is 3. The van der Waals surface area contributed by atoms with E-state index in [9.17, 15) is 0 Å². The molecular formula is C11H16ClNO2. The van der Waals surface area contributed by atoms with E-state index in [4.69, 9.17) is 26.8 Å². The Kier molecular flexibility index (Phi) is 4.72. The number of methoxy groups -OCH3 is 2. The number of benzene rings is 1. The minimum absolute atomic E-state index is 0.573. The molecule has 0 aromatic heterocycles. The second-order valence-corrected chi connectivity index (χ2v) is 3.61.